The molecule has 0 saturated heterocycles. The zero-order chi connectivity index (χ0) is 16.9. The lowest BCUT2D eigenvalue weighted by Gasteiger charge is -2.12. The summed E-state index contributed by atoms with van der Waals surface area (Å²) in [5, 5.41) is 4.49. The molecule has 23 heavy (non-hydrogen) atoms. The van der Waals surface area contributed by atoms with E-state index in [-0.39, 0.29) is 6.54 Å². The second-order valence-corrected chi connectivity index (χ2v) is 4.62. The molecule has 0 saturated carbocycles. The predicted molar refractivity (Wildman–Crippen MR) is 76.4 cm³/mol. The molecule has 0 aliphatic heterocycles. The Bertz CT molecular complexity index is 674. The first-order chi connectivity index (χ1) is 10.9. The summed E-state index contributed by atoms with van der Waals surface area (Å²) < 4.78 is 51.5. The van der Waals surface area contributed by atoms with Crippen molar-refractivity contribution >= 4 is 11.7 Å². The van der Waals surface area contributed by atoms with Gasteiger partial charge in [0.1, 0.15) is 0 Å². The Balaban J connectivity index is 1.93. The molecule has 0 fully saturated rings. The van der Waals surface area contributed by atoms with Crippen LogP contribution in [0.25, 0.3) is 0 Å². The molecule has 0 bridgehead atoms. The fraction of sp³-hybridized carbons (Fsp3) is 0.200. The van der Waals surface area contributed by atoms with E-state index in [2.05, 4.69) is 15.6 Å². The van der Waals surface area contributed by atoms with Crippen LogP contribution >= 0.6 is 0 Å². The molecule has 1 heterocycles. The smallest absolute Gasteiger partial charge is 0.337 e. The van der Waals surface area contributed by atoms with Gasteiger partial charge < -0.3 is 10.6 Å². The lowest BCUT2D eigenvalue weighted by atomic mass is 10.2. The maximum absolute atomic E-state index is 13.7. The Hall–Kier alpha value is -2.64. The molecule has 0 aliphatic rings. The van der Waals surface area contributed by atoms with Crippen molar-refractivity contribution < 1.29 is 22.4 Å². The summed E-state index contributed by atoms with van der Waals surface area (Å²) in [5.41, 5.74) is -1.21. The van der Waals surface area contributed by atoms with Crippen LogP contribution in [0.5, 0.6) is 0 Å². The van der Waals surface area contributed by atoms with E-state index < -0.39 is 29.3 Å². The monoisotopic (exact) mass is 327 g/mol. The molecule has 1 aromatic carbocycles. The number of halogens is 4. The van der Waals surface area contributed by atoms with Crippen molar-refractivity contribution in [1.82, 2.24) is 10.3 Å². The van der Waals surface area contributed by atoms with E-state index in [1.165, 1.54) is 0 Å². The van der Waals surface area contributed by atoms with Crippen molar-refractivity contribution in [2.45, 2.75) is 12.6 Å². The summed E-state index contributed by atoms with van der Waals surface area (Å²) >= 11 is 0. The van der Waals surface area contributed by atoms with Gasteiger partial charge in [0.15, 0.2) is 5.82 Å². The molecule has 2 amide bonds. The van der Waals surface area contributed by atoms with Crippen LogP contribution in [0.15, 0.2) is 42.6 Å². The van der Waals surface area contributed by atoms with Gasteiger partial charge in [0.25, 0.3) is 0 Å². The number of anilines is 1. The highest BCUT2D eigenvalue weighted by molar-refractivity contribution is 5.89. The third kappa shape index (κ3) is 4.67. The second-order valence-electron chi connectivity index (χ2n) is 4.62. The number of alkyl halides is 3. The highest BCUT2D eigenvalue weighted by atomic mass is 19.4. The Morgan fingerprint density at radius 2 is 1.91 bits per heavy atom. The first-order valence-electron chi connectivity index (χ1n) is 6.68. The van der Waals surface area contributed by atoms with Gasteiger partial charge in [-0.15, -0.1) is 0 Å². The third-order valence-electron chi connectivity index (χ3n) is 2.95. The van der Waals surface area contributed by atoms with Crippen molar-refractivity contribution in [2.75, 3.05) is 11.9 Å². The van der Waals surface area contributed by atoms with Crippen molar-refractivity contribution in [3.05, 3.63) is 59.7 Å². The van der Waals surface area contributed by atoms with Crippen LogP contribution in [0.1, 0.15) is 11.3 Å². The van der Waals surface area contributed by atoms with Crippen molar-refractivity contribution in [2.24, 2.45) is 0 Å². The molecular weight excluding hydrogens is 314 g/mol. The topological polar surface area (TPSA) is 54.0 Å². The minimum absolute atomic E-state index is 0.212. The van der Waals surface area contributed by atoms with Crippen molar-refractivity contribution in [1.29, 1.82) is 0 Å². The van der Waals surface area contributed by atoms with E-state index in [1.54, 1.807) is 24.4 Å². The van der Waals surface area contributed by atoms with Gasteiger partial charge in [-0.1, -0.05) is 12.1 Å². The molecule has 2 N–H and O–H groups in total. The van der Waals surface area contributed by atoms with E-state index in [0.717, 1.165) is 17.8 Å². The predicted octanol–water partition coefficient (Wildman–Crippen LogP) is 3.60. The maximum atomic E-state index is 13.7. The van der Waals surface area contributed by atoms with Gasteiger partial charge in [0, 0.05) is 24.9 Å². The highest BCUT2D eigenvalue weighted by Gasteiger charge is 2.35. The zero-order valence-corrected chi connectivity index (χ0v) is 11.8. The minimum Gasteiger partial charge on any atom is -0.337 e. The van der Waals surface area contributed by atoms with Crippen LogP contribution in [0.2, 0.25) is 0 Å². The number of urea groups is 1. The van der Waals surface area contributed by atoms with Crippen molar-refractivity contribution in [3.63, 3.8) is 0 Å². The van der Waals surface area contributed by atoms with E-state index in [1.807, 2.05) is 0 Å². The van der Waals surface area contributed by atoms with Crippen LogP contribution in [0.4, 0.5) is 28.0 Å². The maximum Gasteiger partial charge on any atom is 0.419 e. The first-order valence-corrected chi connectivity index (χ1v) is 6.68. The quantitative estimate of drug-likeness (QED) is 0.843. The standard InChI is InChI=1S/C15H13F4N3O/c16-13-11(15(17,18)19)5-3-6-12(13)22-14(23)21-9-7-10-4-1-2-8-20-10/h1-6,8H,7,9H2,(H2,21,22,23). The number of rotatable bonds is 4. The van der Waals surface area contributed by atoms with Gasteiger partial charge >= 0.3 is 12.2 Å². The average Bonchev–Trinajstić information content (AvgIpc) is 2.49. The van der Waals surface area contributed by atoms with Gasteiger partial charge in [-0.3, -0.25) is 4.98 Å². The van der Waals surface area contributed by atoms with E-state index in [0.29, 0.717) is 12.5 Å². The van der Waals surface area contributed by atoms with Gasteiger partial charge in [-0.2, -0.15) is 13.2 Å². The summed E-state index contributed by atoms with van der Waals surface area (Å²) in [5.74, 6) is -1.51. The molecule has 0 aliphatic carbocycles. The Labute approximate surface area is 129 Å². The van der Waals surface area contributed by atoms with Crippen LogP contribution in [-0.4, -0.2) is 17.6 Å². The minimum atomic E-state index is -4.82. The summed E-state index contributed by atoms with van der Waals surface area (Å²) in [7, 11) is 0. The van der Waals surface area contributed by atoms with Crippen molar-refractivity contribution in [3.8, 4) is 0 Å². The first kappa shape index (κ1) is 16.7. The average molecular weight is 327 g/mol. The van der Waals surface area contributed by atoms with Gasteiger partial charge in [-0.05, 0) is 24.3 Å². The number of benzene rings is 1. The molecular formula is C15H13F4N3O. The molecule has 2 rings (SSSR count). The van der Waals surface area contributed by atoms with E-state index in [9.17, 15) is 22.4 Å². The number of nitrogens with zero attached hydrogens (tertiary/aromatic N) is 1. The molecule has 0 unspecified atom stereocenters. The van der Waals surface area contributed by atoms with E-state index in [4.69, 9.17) is 0 Å². The summed E-state index contributed by atoms with van der Waals surface area (Å²) in [6, 6.07) is 7.21. The Morgan fingerprint density at radius 1 is 1.13 bits per heavy atom. The number of aromatic nitrogens is 1. The molecule has 1 aromatic heterocycles. The van der Waals surface area contributed by atoms with Crippen LogP contribution in [0.3, 0.4) is 0 Å². The number of hydrogen-bond acceptors (Lipinski definition) is 2. The van der Waals surface area contributed by atoms with Crippen LogP contribution in [-0.2, 0) is 12.6 Å². The Morgan fingerprint density at radius 3 is 2.57 bits per heavy atom. The highest BCUT2D eigenvalue weighted by Crippen LogP contribution is 2.33. The molecule has 8 heteroatoms. The SMILES string of the molecule is O=C(NCCc1ccccn1)Nc1cccc(C(F)(F)F)c1F. The molecule has 122 valence electrons. The van der Waals surface area contributed by atoms with Crippen LogP contribution < -0.4 is 10.6 Å². The molecule has 0 atom stereocenters. The van der Waals surface area contributed by atoms with Gasteiger partial charge in [-0.25, -0.2) is 9.18 Å². The van der Waals surface area contributed by atoms with Gasteiger partial charge in [0.05, 0.1) is 11.3 Å². The molecule has 0 radical (unpaired) electrons. The molecule has 4 nitrogen and oxygen atoms in total. The lowest BCUT2D eigenvalue weighted by molar-refractivity contribution is -0.139. The van der Waals surface area contributed by atoms with Crippen LogP contribution in [0, 0.1) is 5.82 Å². The normalized spacial score (nSPS) is 11.1. The summed E-state index contributed by atoms with van der Waals surface area (Å²) in [6.07, 6.45) is -2.77. The number of hydrogen-bond donors (Lipinski definition) is 2. The second kappa shape index (κ2) is 7.08. The number of amides is 2. The zero-order valence-electron chi connectivity index (χ0n) is 11.8. The number of carbonyl (C=O) groups excluding carboxylic acids is 1. The number of pyridine rings is 1. The van der Waals surface area contributed by atoms with Gasteiger partial charge in [0.2, 0.25) is 0 Å². The molecule has 0 spiro atoms. The molecule has 2 aromatic rings. The fourth-order valence-corrected chi connectivity index (χ4v) is 1.86. The Kier molecular flexibility index (Phi) is 5.15. The third-order valence-corrected chi connectivity index (χ3v) is 2.95. The lowest BCUT2D eigenvalue weighted by Crippen LogP contribution is -2.31. The summed E-state index contributed by atoms with van der Waals surface area (Å²) in [4.78, 5) is 15.7. The summed E-state index contributed by atoms with van der Waals surface area (Å²) in [6.45, 7) is 0.212. The van der Waals surface area contributed by atoms with E-state index >= 15 is 0 Å². The largest absolute Gasteiger partial charge is 0.419 e. The fourth-order valence-electron chi connectivity index (χ4n) is 1.86. The number of carbonyl (C=O) groups is 1. The number of nitrogens with one attached hydrogen (secondary N) is 2.